The molecule has 3 N–H and O–H groups in total. The van der Waals surface area contributed by atoms with Crippen molar-refractivity contribution in [2.75, 3.05) is 10.6 Å². The summed E-state index contributed by atoms with van der Waals surface area (Å²) >= 11 is 0. The summed E-state index contributed by atoms with van der Waals surface area (Å²) in [6.45, 7) is 7.11. The van der Waals surface area contributed by atoms with Crippen molar-refractivity contribution in [2.45, 2.75) is 39.8 Å². The second-order valence-corrected chi connectivity index (χ2v) is 4.79. The molecule has 0 spiro atoms. The highest BCUT2D eigenvalue weighted by atomic mass is 16.2. The molecule has 0 aliphatic rings. The lowest BCUT2D eigenvalue weighted by Crippen LogP contribution is -2.40. The number of rotatable bonds is 5. The monoisotopic (exact) mass is 263 g/mol. The molecule has 19 heavy (non-hydrogen) atoms. The maximum Gasteiger partial charge on any atom is 0.242 e. The van der Waals surface area contributed by atoms with Crippen molar-refractivity contribution in [3.63, 3.8) is 0 Å². The highest BCUT2D eigenvalue weighted by Gasteiger charge is 2.12. The minimum atomic E-state index is -0.311. The zero-order valence-corrected chi connectivity index (χ0v) is 11.8. The number of hydrogen-bond acceptors (Lipinski definition) is 3. The van der Waals surface area contributed by atoms with Gasteiger partial charge in [-0.3, -0.25) is 9.59 Å². The molecule has 2 amide bonds. The molecule has 5 heteroatoms. The van der Waals surface area contributed by atoms with Crippen molar-refractivity contribution in [3.8, 4) is 0 Å². The van der Waals surface area contributed by atoms with Crippen LogP contribution in [0.4, 0.5) is 11.4 Å². The Morgan fingerprint density at radius 1 is 1.00 bits per heavy atom. The van der Waals surface area contributed by atoms with Gasteiger partial charge in [0.05, 0.1) is 0 Å². The molecule has 0 saturated heterocycles. The molecule has 1 aromatic rings. The van der Waals surface area contributed by atoms with E-state index in [1.165, 1.54) is 6.92 Å². The lowest BCUT2D eigenvalue weighted by Gasteiger charge is -2.17. The molecule has 0 fully saturated rings. The topological polar surface area (TPSA) is 70.2 Å². The van der Waals surface area contributed by atoms with Gasteiger partial charge < -0.3 is 16.0 Å². The van der Waals surface area contributed by atoms with Gasteiger partial charge in [-0.25, -0.2) is 0 Å². The van der Waals surface area contributed by atoms with Gasteiger partial charge in [-0.2, -0.15) is 0 Å². The van der Waals surface area contributed by atoms with Crippen molar-refractivity contribution < 1.29 is 9.59 Å². The van der Waals surface area contributed by atoms with Crippen LogP contribution in [0.2, 0.25) is 0 Å². The molecule has 0 radical (unpaired) electrons. The van der Waals surface area contributed by atoms with Crippen molar-refractivity contribution in [1.29, 1.82) is 0 Å². The molecule has 104 valence electrons. The number of benzene rings is 1. The van der Waals surface area contributed by atoms with Gasteiger partial charge >= 0.3 is 0 Å². The van der Waals surface area contributed by atoms with Crippen LogP contribution in [0.5, 0.6) is 0 Å². The summed E-state index contributed by atoms with van der Waals surface area (Å²) in [4.78, 5) is 22.6. The lowest BCUT2D eigenvalue weighted by molar-refractivity contribution is -0.122. The Morgan fingerprint density at radius 3 is 2.00 bits per heavy atom. The first-order chi connectivity index (χ1) is 8.88. The number of amides is 2. The van der Waals surface area contributed by atoms with Crippen LogP contribution in [0.1, 0.15) is 27.7 Å². The van der Waals surface area contributed by atoms with Crippen molar-refractivity contribution in [1.82, 2.24) is 5.32 Å². The number of carbonyl (C=O) groups is 2. The van der Waals surface area contributed by atoms with Gasteiger partial charge in [0.1, 0.15) is 6.04 Å². The Labute approximate surface area is 113 Å². The molecule has 1 atom stereocenters. The molecule has 0 saturated carbocycles. The summed E-state index contributed by atoms with van der Waals surface area (Å²) in [5.74, 6) is -0.147. The minimum Gasteiger partial charge on any atom is -0.374 e. The maximum absolute atomic E-state index is 11.7. The molecule has 0 bridgehead atoms. The number of anilines is 2. The van der Waals surface area contributed by atoms with Gasteiger partial charge in [-0.05, 0) is 45.0 Å². The van der Waals surface area contributed by atoms with Gasteiger partial charge in [0.2, 0.25) is 11.8 Å². The normalized spacial score (nSPS) is 11.8. The fraction of sp³-hybridized carbons (Fsp3) is 0.429. The smallest absolute Gasteiger partial charge is 0.242 e. The van der Waals surface area contributed by atoms with E-state index >= 15 is 0 Å². The summed E-state index contributed by atoms with van der Waals surface area (Å²) in [7, 11) is 0. The van der Waals surface area contributed by atoms with Gasteiger partial charge in [0, 0.05) is 24.3 Å². The molecule has 0 aromatic heterocycles. The number of nitrogens with one attached hydrogen (secondary N) is 3. The highest BCUT2D eigenvalue weighted by Crippen LogP contribution is 2.14. The van der Waals surface area contributed by atoms with E-state index in [1.807, 2.05) is 26.0 Å². The maximum atomic E-state index is 11.7. The second-order valence-electron chi connectivity index (χ2n) is 4.79. The summed E-state index contributed by atoms with van der Waals surface area (Å²) in [6.07, 6.45) is 0. The highest BCUT2D eigenvalue weighted by molar-refractivity contribution is 5.89. The third-order valence-electron chi connectivity index (χ3n) is 2.41. The molecule has 1 rings (SSSR count). The summed E-state index contributed by atoms with van der Waals surface area (Å²) in [5.41, 5.74) is 1.57. The van der Waals surface area contributed by atoms with Crippen LogP contribution < -0.4 is 16.0 Å². The van der Waals surface area contributed by atoms with Crippen LogP contribution in [0.3, 0.4) is 0 Å². The molecule has 0 aliphatic heterocycles. The predicted octanol–water partition coefficient (Wildman–Crippen LogP) is 1.97. The third kappa shape index (κ3) is 5.42. The van der Waals surface area contributed by atoms with E-state index in [2.05, 4.69) is 16.0 Å². The van der Waals surface area contributed by atoms with E-state index in [9.17, 15) is 9.59 Å². The van der Waals surface area contributed by atoms with E-state index in [-0.39, 0.29) is 23.9 Å². The first kappa shape index (κ1) is 15.0. The van der Waals surface area contributed by atoms with Crippen LogP contribution in [0, 0.1) is 0 Å². The standard InChI is InChI=1S/C14H21N3O2/c1-9(2)15-14(19)10(3)16-12-5-7-13(8-6-12)17-11(4)18/h5-10,16H,1-4H3,(H,15,19)(H,17,18). The van der Waals surface area contributed by atoms with E-state index in [0.29, 0.717) is 0 Å². The Kier molecular flexibility index (Phi) is 5.36. The van der Waals surface area contributed by atoms with Gasteiger partial charge in [-0.15, -0.1) is 0 Å². The Balaban J connectivity index is 2.57. The SMILES string of the molecule is CC(=O)Nc1ccc(NC(C)C(=O)NC(C)C)cc1. The zero-order chi connectivity index (χ0) is 14.4. The Hall–Kier alpha value is -2.04. The van der Waals surface area contributed by atoms with E-state index in [1.54, 1.807) is 19.1 Å². The first-order valence-electron chi connectivity index (χ1n) is 6.33. The van der Waals surface area contributed by atoms with E-state index in [4.69, 9.17) is 0 Å². The lowest BCUT2D eigenvalue weighted by atomic mass is 10.2. The largest absolute Gasteiger partial charge is 0.374 e. The summed E-state index contributed by atoms with van der Waals surface area (Å²) in [6, 6.07) is 7.04. The van der Waals surface area contributed by atoms with Crippen molar-refractivity contribution in [2.24, 2.45) is 0 Å². The van der Waals surface area contributed by atoms with Gasteiger partial charge in [0.25, 0.3) is 0 Å². The molecule has 0 aliphatic carbocycles. The first-order valence-corrected chi connectivity index (χ1v) is 6.33. The third-order valence-corrected chi connectivity index (χ3v) is 2.41. The van der Waals surface area contributed by atoms with Crippen LogP contribution in [-0.2, 0) is 9.59 Å². The van der Waals surface area contributed by atoms with Gasteiger partial charge in [-0.1, -0.05) is 0 Å². The summed E-state index contributed by atoms with van der Waals surface area (Å²) in [5, 5.41) is 8.63. The Bertz CT molecular complexity index is 441. The van der Waals surface area contributed by atoms with E-state index in [0.717, 1.165) is 11.4 Å². The fourth-order valence-corrected chi connectivity index (χ4v) is 1.58. The van der Waals surface area contributed by atoms with Crippen molar-refractivity contribution in [3.05, 3.63) is 24.3 Å². The van der Waals surface area contributed by atoms with Crippen LogP contribution >= 0.6 is 0 Å². The van der Waals surface area contributed by atoms with E-state index < -0.39 is 0 Å². The molecule has 5 nitrogen and oxygen atoms in total. The fourth-order valence-electron chi connectivity index (χ4n) is 1.58. The van der Waals surface area contributed by atoms with Crippen LogP contribution in [-0.4, -0.2) is 23.9 Å². The zero-order valence-electron chi connectivity index (χ0n) is 11.8. The Morgan fingerprint density at radius 2 is 1.53 bits per heavy atom. The summed E-state index contributed by atoms with van der Waals surface area (Å²) < 4.78 is 0. The van der Waals surface area contributed by atoms with Crippen LogP contribution in [0.15, 0.2) is 24.3 Å². The quantitative estimate of drug-likeness (QED) is 0.760. The number of hydrogen-bond donors (Lipinski definition) is 3. The van der Waals surface area contributed by atoms with Gasteiger partial charge in [0.15, 0.2) is 0 Å². The molecule has 1 unspecified atom stereocenters. The average Bonchev–Trinajstić information content (AvgIpc) is 2.30. The van der Waals surface area contributed by atoms with Crippen LogP contribution in [0.25, 0.3) is 0 Å². The predicted molar refractivity (Wildman–Crippen MR) is 77.1 cm³/mol. The minimum absolute atomic E-state index is 0.0408. The number of carbonyl (C=O) groups excluding carboxylic acids is 2. The molecule has 0 heterocycles. The molecule has 1 aromatic carbocycles. The van der Waals surface area contributed by atoms with Crippen molar-refractivity contribution >= 4 is 23.2 Å². The molecular weight excluding hydrogens is 242 g/mol. The second kappa shape index (κ2) is 6.78. The molecular formula is C14H21N3O2. The average molecular weight is 263 g/mol.